The Morgan fingerprint density at radius 3 is 2.52 bits per heavy atom. The molecule has 0 unspecified atom stereocenters. The Labute approximate surface area is 239 Å². The molecule has 2 aromatic carbocycles. The molecule has 9 nitrogen and oxygen atoms in total. The van der Waals surface area contributed by atoms with Crippen molar-refractivity contribution < 1.29 is 17.6 Å². The zero-order valence-corrected chi connectivity index (χ0v) is 23.7. The number of thiophene rings is 1. The maximum atomic E-state index is 15.0. The lowest BCUT2D eigenvalue weighted by molar-refractivity contribution is 0.256. The second kappa shape index (κ2) is 12.0. The number of likely N-dealkylation sites (tertiary alicyclic amines) is 1. The number of rotatable bonds is 9. The minimum atomic E-state index is -4.13. The van der Waals surface area contributed by atoms with E-state index in [1.165, 1.54) is 61.0 Å². The molecule has 210 valence electrons. The Bertz CT molecular complexity index is 1720. The van der Waals surface area contributed by atoms with Gasteiger partial charge in [0.25, 0.3) is 15.6 Å². The molecule has 0 radical (unpaired) electrons. The van der Waals surface area contributed by atoms with Crippen LogP contribution in [0.15, 0.2) is 69.8 Å². The van der Waals surface area contributed by atoms with Gasteiger partial charge in [0.1, 0.15) is 10.0 Å². The molecule has 1 saturated heterocycles. The highest BCUT2D eigenvalue weighted by Gasteiger charge is 2.20. The van der Waals surface area contributed by atoms with Gasteiger partial charge >= 0.3 is 6.03 Å². The number of anilines is 2. The first kappa shape index (κ1) is 28.1. The van der Waals surface area contributed by atoms with Gasteiger partial charge in [0.05, 0.1) is 10.0 Å². The summed E-state index contributed by atoms with van der Waals surface area (Å²) in [5, 5.41) is 6.86. The predicted molar refractivity (Wildman–Crippen MR) is 157 cm³/mol. The van der Waals surface area contributed by atoms with Crippen molar-refractivity contribution in [2.45, 2.75) is 23.5 Å². The number of carbonyl (C=O) groups excluding carboxylic acids is 1. The third-order valence-electron chi connectivity index (χ3n) is 6.59. The molecule has 0 saturated carbocycles. The van der Waals surface area contributed by atoms with Crippen molar-refractivity contribution in [3.05, 3.63) is 81.3 Å². The minimum Gasteiger partial charge on any atom is -0.385 e. The van der Waals surface area contributed by atoms with Crippen LogP contribution in [-0.2, 0) is 10.0 Å². The molecule has 0 aliphatic carbocycles. The standard InChI is InChI=1S/C27H27ClFN5O4S2/c28-24-8-9-25(39-24)40(37,38)32-27(36)31-20-5-7-23(22(29)17-20)34-15-10-18-16-19(4-6-21(18)26(34)35)30-11-3-14-33-12-1-2-13-33/h4-10,15-17,30H,1-3,11-14H2,(H2,31,32,36). The molecule has 3 heterocycles. The molecular formula is C27H27ClFN5O4S2. The van der Waals surface area contributed by atoms with E-state index in [9.17, 15) is 18.0 Å². The Hall–Kier alpha value is -3.45. The van der Waals surface area contributed by atoms with Gasteiger partial charge in [-0.1, -0.05) is 11.6 Å². The summed E-state index contributed by atoms with van der Waals surface area (Å²) in [5.41, 5.74) is 0.515. The number of sulfonamides is 1. The molecule has 5 rings (SSSR count). The van der Waals surface area contributed by atoms with E-state index >= 15 is 4.39 Å². The van der Waals surface area contributed by atoms with Crippen molar-refractivity contribution >= 4 is 61.1 Å². The summed E-state index contributed by atoms with van der Waals surface area (Å²) in [7, 11) is -4.13. The number of fused-ring (bicyclic) bond motifs is 1. The van der Waals surface area contributed by atoms with E-state index < -0.39 is 27.4 Å². The number of pyridine rings is 1. The molecule has 1 aliphatic heterocycles. The van der Waals surface area contributed by atoms with Gasteiger partial charge in [-0.05, 0) is 98.9 Å². The Kier molecular flexibility index (Phi) is 8.40. The van der Waals surface area contributed by atoms with Crippen molar-refractivity contribution in [2.24, 2.45) is 0 Å². The third kappa shape index (κ3) is 6.47. The highest BCUT2D eigenvalue weighted by molar-refractivity contribution is 7.92. The number of amides is 2. The van der Waals surface area contributed by atoms with Gasteiger partial charge in [0.2, 0.25) is 0 Å². The lowest BCUT2D eigenvalue weighted by Gasteiger charge is -2.15. The van der Waals surface area contributed by atoms with Gasteiger partial charge in [0, 0.05) is 29.5 Å². The Balaban J connectivity index is 1.25. The maximum absolute atomic E-state index is 15.0. The molecule has 3 N–H and O–H groups in total. The first-order chi connectivity index (χ1) is 19.2. The van der Waals surface area contributed by atoms with Crippen molar-refractivity contribution in [3.63, 3.8) is 0 Å². The zero-order valence-electron chi connectivity index (χ0n) is 21.3. The van der Waals surface area contributed by atoms with Gasteiger partial charge in [-0.3, -0.25) is 9.36 Å². The normalized spacial score (nSPS) is 13.9. The first-order valence-corrected chi connectivity index (χ1v) is 15.4. The van der Waals surface area contributed by atoms with E-state index in [1.54, 1.807) is 12.1 Å². The number of halogens is 2. The molecule has 40 heavy (non-hydrogen) atoms. The van der Waals surface area contributed by atoms with Crippen molar-refractivity contribution in [3.8, 4) is 5.69 Å². The monoisotopic (exact) mass is 603 g/mol. The molecule has 1 aliphatic rings. The molecule has 1 fully saturated rings. The fraction of sp³-hybridized carbons (Fsp3) is 0.259. The lowest BCUT2D eigenvalue weighted by atomic mass is 10.1. The summed E-state index contributed by atoms with van der Waals surface area (Å²) >= 11 is 6.56. The van der Waals surface area contributed by atoms with Crippen LogP contribution in [0.1, 0.15) is 19.3 Å². The molecule has 0 atom stereocenters. The number of hydrogen-bond donors (Lipinski definition) is 3. The predicted octanol–water partition coefficient (Wildman–Crippen LogP) is 5.25. The molecule has 2 aromatic heterocycles. The van der Waals surface area contributed by atoms with Gasteiger partial charge < -0.3 is 15.5 Å². The van der Waals surface area contributed by atoms with Crippen LogP contribution in [0, 0.1) is 5.82 Å². The topological polar surface area (TPSA) is 113 Å². The molecular weight excluding hydrogens is 577 g/mol. The van der Waals surface area contributed by atoms with Crippen molar-refractivity contribution in [1.82, 2.24) is 14.2 Å². The van der Waals surface area contributed by atoms with Gasteiger partial charge in [-0.2, -0.15) is 0 Å². The maximum Gasteiger partial charge on any atom is 0.333 e. The van der Waals surface area contributed by atoms with E-state index in [1.807, 2.05) is 16.9 Å². The molecule has 2 amide bonds. The average molecular weight is 604 g/mol. The van der Waals surface area contributed by atoms with E-state index in [4.69, 9.17) is 11.6 Å². The van der Waals surface area contributed by atoms with Crippen molar-refractivity contribution in [1.29, 1.82) is 0 Å². The van der Waals surface area contributed by atoms with E-state index in [0.29, 0.717) is 5.39 Å². The summed E-state index contributed by atoms with van der Waals surface area (Å²) in [4.78, 5) is 27.9. The summed E-state index contributed by atoms with van der Waals surface area (Å²) in [6.07, 6.45) is 5.08. The SMILES string of the molecule is O=C(Nc1ccc(-n2ccc3cc(NCCCN4CCCC4)ccc3c2=O)c(F)c1)NS(=O)(=O)c1ccc(Cl)s1. The van der Waals surface area contributed by atoms with Crippen LogP contribution in [-0.4, -0.2) is 50.1 Å². The highest BCUT2D eigenvalue weighted by atomic mass is 35.5. The van der Waals surface area contributed by atoms with Gasteiger partial charge in [0.15, 0.2) is 0 Å². The van der Waals surface area contributed by atoms with Crippen LogP contribution in [0.3, 0.4) is 0 Å². The lowest BCUT2D eigenvalue weighted by Crippen LogP contribution is -2.34. The quantitative estimate of drug-likeness (QED) is 0.225. The van der Waals surface area contributed by atoms with Crippen LogP contribution in [0.25, 0.3) is 16.5 Å². The summed E-state index contributed by atoms with van der Waals surface area (Å²) in [6, 6.07) is 12.5. The number of carbonyl (C=O) groups is 1. The smallest absolute Gasteiger partial charge is 0.333 e. The Morgan fingerprint density at radius 2 is 1.80 bits per heavy atom. The van der Waals surface area contributed by atoms with Gasteiger partial charge in [-0.15, -0.1) is 11.3 Å². The second-order valence-electron chi connectivity index (χ2n) is 9.41. The number of nitrogens with one attached hydrogen (secondary N) is 3. The largest absolute Gasteiger partial charge is 0.385 e. The van der Waals surface area contributed by atoms with Crippen LogP contribution < -0.4 is 20.9 Å². The number of benzene rings is 2. The number of nitrogens with zero attached hydrogens (tertiary/aromatic N) is 2. The van der Waals surface area contributed by atoms with E-state index in [-0.39, 0.29) is 19.9 Å². The van der Waals surface area contributed by atoms with Crippen LogP contribution in [0.5, 0.6) is 0 Å². The van der Waals surface area contributed by atoms with Crippen LogP contribution in [0.2, 0.25) is 4.34 Å². The Morgan fingerprint density at radius 1 is 1.02 bits per heavy atom. The molecule has 0 spiro atoms. The minimum absolute atomic E-state index is 0.00690. The fourth-order valence-corrected chi connectivity index (χ4v) is 7.03. The fourth-order valence-electron chi connectivity index (χ4n) is 4.64. The highest BCUT2D eigenvalue weighted by Crippen LogP contribution is 2.25. The van der Waals surface area contributed by atoms with Crippen LogP contribution in [0.4, 0.5) is 20.6 Å². The molecule has 4 aromatic rings. The van der Waals surface area contributed by atoms with Gasteiger partial charge in [-0.25, -0.2) is 22.3 Å². The van der Waals surface area contributed by atoms with Crippen LogP contribution >= 0.6 is 22.9 Å². The van der Waals surface area contributed by atoms with E-state index in [2.05, 4.69) is 15.5 Å². The van der Waals surface area contributed by atoms with E-state index in [0.717, 1.165) is 48.0 Å². The first-order valence-electron chi connectivity index (χ1n) is 12.7. The summed E-state index contributed by atoms with van der Waals surface area (Å²) in [6.45, 7) is 4.25. The number of urea groups is 1. The molecule has 13 heteroatoms. The summed E-state index contributed by atoms with van der Waals surface area (Å²) < 4.78 is 42.8. The average Bonchev–Trinajstić information content (AvgIpc) is 3.59. The third-order valence-corrected chi connectivity index (χ3v) is 9.64. The second-order valence-corrected chi connectivity index (χ2v) is 13.0. The number of hydrogen-bond acceptors (Lipinski definition) is 7. The zero-order chi connectivity index (χ0) is 28.3. The molecule has 0 bridgehead atoms. The number of aromatic nitrogens is 1. The van der Waals surface area contributed by atoms with Crippen molar-refractivity contribution in [2.75, 3.05) is 36.8 Å². The summed E-state index contributed by atoms with van der Waals surface area (Å²) in [5.74, 6) is -0.775.